The van der Waals surface area contributed by atoms with Crippen LogP contribution in [0.3, 0.4) is 0 Å². The molecule has 0 saturated heterocycles. The van der Waals surface area contributed by atoms with Gasteiger partial charge in [0.2, 0.25) is 5.91 Å². The van der Waals surface area contributed by atoms with E-state index in [0.29, 0.717) is 15.8 Å². The minimum atomic E-state index is -0.509. The van der Waals surface area contributed by atoms with E-state index >= 15 is 0 Å². The van der Waals surface area contributed by atoms with Crippen molar-refractivity contribution >= 4 is 39.1 Å². The molecule has 2 rings (SSSR count). The first-order valence-electron chi connectivity index (χ1n) is 6.64. The standard InChI is InChI=1S/C16H14BrFN2O3/c1-23-9-15(21)19-13-3-2-4-14(8-13)20-16(22)10-5-11(17)7-12(18)6-10/h2-8H,9H2,1H3,(H,19,21)(H,20,22). The molecule has 0 atom stereocenters. The minimum Gasteiger partial charge on any atom is -0.375 e. The zero-order chi connectivity index (χ0) is 16.8. The SMILES string of the molecule is COCC(=O)Nc1cccc(NC(=O)c2cc(F)cc(Br)c2)c1. The van der Waals surface area contributed by atoms with Crippen molar-refractivity contribution in [3.63, 3.8) is 0 Å². The van der Waals surface area contributed by atoms with Gasteiger partial charge in [0.05, 0.1) is 0 Å². The Bertz CT molecular complexity index is 717. The predicted molar refractivity (Wildman–Crippen MR) is 89.0 cm³/mol. The molecule has 7 heteroatoms. The van der Waals surface area contributed by atoms with Crippen molar-refractivity contribution in [3.8, 4) is 0 Å². The van der Waals surface area contributed by atoms with Gasteiger partial charge in [-0.15, -0.1) is 0 Å². The number of nitrogens with one attached hydrogen (secondary N) is 2. The molecule has 2 aromatic carbocycles. The van der Waals surface area contributed by atoms with Crippen molar-refractivity contribution < 1.29 is 18.7 Å². The summed E-state index contributed by atoms with van der Waals surface area (Å²) < 4.78 is 18.5. The van der Waals surface area contributed by atoms with Crippen molar-refractivity contribution in [2.45, 2.75) is 0 Å². The number of hydrogen-bond acceptors (Lipinski definition) is 3. The van der Waals surface area contributed by atoms with Gasteiger partial charge >= 0.3 is 0 Å². The maximum absolute atomic E-state index is 13.3. The Balaban J connectivity index is 2.10. The third kappa shape index (κ3) is 5.15. The number of benzene rings is 2. The molecule has 2 N–H and O–H groups in total. The molecule has 5 nitrogen and oxygen atoms in total. The third-order valence-electron chi connectivity index (χ3n) is 2.80. The Hall–Kier alpha value is -2.25. The number of rotatable bonds is 5. The van der Waals surface area contributed by atoms with Crippen LogP contribution >= 0.6 is 15.9 Å². The van der Waals surface area contributed by atoms with E-state index in [0.717, 1.165) is 6.07 Å². The van der Waals surface area contributed by atoms with E-state index in [1.807, 2.05) is 0 Å². The molecule has 0 bridgehead atoms. The van der Waals surface area contributed by atoms with Crippen molar-refractivity contribution in [1.82, 2.24) is 0 Å². The molecule has 2 amide bonds. The third-order valence-corrected chi connectivity index (χ3v) is 3.26. The van der Waals surface area contributed by atoms with Gasteiger partial charge in [-0.25, -0.2) is 4.39 Å². The lowest BCUT2D eigenvalue weighted by molar-refractivity contribution is -0.119. The highest BCUT2D eigenvalue weighted by atomic mass is 79.9. The zero-order valence-electron chi connectivity index (χ0n) is 12.2. The van der Waals surface area contributed by atoms with Crippen molar-refractivity contribution in [2.75, 3.05) is 24.4 Å². The Morgan fingerprint density at radius 3 is 2.48 bits per heavy atom. The number of ether oxygens (including phenoxy) is 1. The number of halogens is 2. The van der Waals surface area contributed by atoms with Crippen LogP contribution in [-0.2, 0) is 9.53 Å². The van der Waals surface area contributed by atoms with Crippen LogP contribution in [-0.4, -0.2) is 25.5 Å². The fraction of sp³-hybridized carbons (Fsp3) is 0.125. The highest BCUT2D eigenvalue weighted by Crippen LogP contribution is 2.18. The normalized spacial score (nSPS) is 10.2. The molecule has 0 fully saturated rings. The molecule has 120 valence electrons. The van der Waals surface area contributed by atoms with Gasteiger partial charge in [0.15, 0.2) is 0 Å². The van der Waals surface area contributed by atoms with Crippen molar-refractivity contribution in [1.29, 1.82) is 0 Å². The molecule has 2 aromatic rings. The molecule has 0 aliphatic heterocycles. The number of carbonyl (C=O) groups is 2. The first kappa shape index (κ1) is 17.1. The summed E-state index contributed by atoms with van der Waals surface area (Å²) in [4.78, 5) is 23.6. The molecule has 0 aliphatic rings. The van der Waals surface area contributed by atoms with Crippen LogP contribution < -0.4 is 10.6 Å². The van der Waals surface area contributed by atoms with E-state index in [-0.39, 0.29) is 18.1 Å². The summed E-state index contributed by atoms with van der Waals surface area (Å²) >= 11 is 3.14. The average Bonchev–Trinajstić information content (AvgIpc) is 2.46. The number of carbonyl (C=O) groups excluding carboxylic acids is 2. The second-order valence-electron chi connectivity index (χ2n) is 4.67. The van der Waals surface area contributed by atoms with E-state index in [4.69, 9.17) is 4.74 Å². The van der Waals surface area contributed by atoms with E-state index in [2.05, 4.69) is 26.6 Å². The molecule has 0 saturated carbocycles. The van der Waals surface area contributed by atoms with Crippen LogP contribution in [0.15, 0.2) is 46.9 Å². The second-order valence-corrected chi connectivity index (χ2v) is 5.59. The van der Waals surface area contributed by atoms with Crippen LogP contribution in [0.1, 0.15) is 10.4 Å². The smallest absolute Gasteiger partial charge is 0.255 e. The number of methoxy groups -OCH3 is 1. The zero-order valence-corrected chi connectivity index (χ0v) is 13.8. The maximum Gasteiger partial charge on any atom is 0.255 e. The largest absolute Gasteiger partial charge is 0.375 e. The van der Waals surface area contributed by atoms with Gasteiger partial charge in [0, 0.05) is 28.5 Å². The van der Waals surface area contributed by atoms with Crippen molar-refractivity contribution in [3.05, 3.63) is 58.3 Å². The quantitative estimate of drug-likeness (QED) is 0.834. The van der Waals surface area contributed by atoms with Crippen LogP contribution in [0, 0.1) is 5.82 Å². The Morgan fingerprint density at radius 2 is 1.83 bits per heavy atom. The summed E-state index contributed by atoms with van der Waals surface area (Å²) in [7, 11) is 1.42. The average molecular weight is 381 g/mol. The number of anilines is 2. The van der Waals surface area contributed by atoms with Gasteiger partial charge in [0.1, 0.15) is 12.4 Å². The van der Waals surface area contributed by atoms with Crippen LogP contribution in [0.4, 0.5) is 15.8 Å². The predicted octanol–water partition coefficient (Wildman–Crippen LogP) is 3.43. The summed E-state index contributed by atoms with van der Waals surface area (Å²) in [5.41, 5.74) is 1.18. The first-order valence-corrected chi connectivity index (χ1v) is 7.43. The lowest BCUT2D eigenvalue weighted by Gasteiger charge is -2.09. The molecule has 0 radical (unpaired) electrons. The molecule has 0 heterocycles. The van der Waals surface area contributed by atoms with Gasteiger partial charge in [-0.2, -0.15) is 0 Å². The lowest BCUT2D eigenvalue weighted by atomic mass is 10.2. The first-order chi connectivity index (χ1) is 11.0. The van der Waals surface area contributed by atoms with Gasteiger partial charge in [-0.05, 0) is 36.4 Å². The Kier molecular flexibility index (Phi) is 5.84. The number of amides is 2. The molecule has 0 aliphatic carbocycles. The molecule has 0 spiro atoms. The van der Waals surface area contributed by atoms with Gasteiger partial charge < -0.3 is 15.4 Å². The lowest BCUT2D eigenvalue weighted by Crippen LogP contribution is -2.17. The van der Waals surface area contributed by atoms with Gasteiger partial charge in [-0.1, -0.05) is 22.0 Å². The molecular formula is C16H14BrFN2O3. The van der Waals surface area contributed by atoms with Crippen LogP contribution in [0.2, 0.25) is 0 Å². The van der Waals surface area contributed by atoms with E-state index in [9.17, 15) is 14.0 Å². The minimum absolute atomic E-state index is 0.0616. The molecular weight excluding hydrogens is 367 g/mol. The van der Waals surface area contributed by atoms with E-state index < -0.39 is 11.7 Å². The maximum atomic E-state index is 13.3. The van der Waals surface area contributed by atoms with Gasteiger partial charge in [0.25, 0.3) is 5.91 Å². The molecule has 23 heavy (non-hydrogen) atoms. The monoisotopic (exact) mass is 380 g/mol. The van der Waals surface area contributed by atoms with Crippen LogP contribution in [0.5, 0.6) is 0 Å². The summed E-state index contributed by atoms with van der Waals surface area (Å²) in [5, 5.41) is 5.28. The fourth-order valence-corrected chi connectivity index (χ4v) is 2.36. The second kappa shape index (κ2) is 7.85. The fourth-order valence-electron chi connectivity index (χ4n) is 1.89. The Morgan fingerprint density at radius 1 is 1.13 bits per heavy atom. The van der Waals surface area contributed by atoms with E-state index in [1.54, 1.807) is 24.3 Å². The summed E-state index contributed by atoms with van der Waals surface area (Å²) in [6.07, 6.45) is 0. The summed E-state index contributed by atoms with van der Waals surface area (Å²) in [5.74, 6) is -1.26. The topological polar surface area (TPSA) is 67.4 Å². The summed E-state index contributed by atoms with van der Waals surface area (Å²) in [6.45, 7) is -0.0616. The van der Waals surface area contributed by atoms with E-state index in [1.165, 1.54) is 19.2 Å². The van der Waals surface area contributed by atoms with Gasteiger partial charge in [-0.3, -0.25) is 9.59 Å². The van der Waals surface area contributed by atoms with Crippen molar-refractivity contribution in [2.24, 2.45) is 0 Å². The highest BCUT2D eigenvalue weighted by molar-refractivity contribution is 9.10. The number of hydrogen-bond donors (Lipinski definition) is 2. The molecule has 0 aromatic heterocycles. The Labute approximate surface area is 141 Å². The highest BCUT2D eigenvalue weighted by Gasteiger charge is 2.09. The molecule has 0 unspecified atom stereocenters. The summed E-state index contributed by atoms with van der Waals surface area (Å²) in [6, 6.07) is 10.6. The van der Waals surface area contributed by atoms with Crippen LogP contribution in [0.25, 0.3) is 0 Å².